The van der Waals surface area contributed by atoms with Crippen LogP contribution in [0.5, 0.6) is 5.75 Å². The van der Waals surface area contributed by atoms with Crippen LogP contribution in [0.3, 0.4) is 0 Å². The zero-order chi connectivity index (χ0) is 16.4. The predicted octanol–water partition coefficient (Wildman–Crippen LogP) is 2.67. The Morgan fingerprint density at radius 2 is 2.00 bits per heavy atom. The smallest absolute Gasteiger partial charge is 0.331 e. The molecule has 0 unspecified atom stereocenters. The Kier molecular flexibility index (Phi) is 4.02. The topological polar surface area (TPSA) is 58.6 Å². The zero-order valence-electron chi connectivity index (χ0n) is 13.1. The third-order valence-electron chi connectivity index (χ3n) is 3.75. The van der Waals surface area contributed by atoms with Gasteiger partial charge in [-0.15, -0.1) is 0 Å². The molecule has 1 aliphatic rings. The van der Waals surface area contributed by atoms with Crippen molar-refractivity contribution in [2.24, 2.45) is 0 Å². The summed E-state index contributed by atoms with van der Waals surface area (Å²) in [4.78, 5) is 25.8. The molecule has 3 rings (SSSR count). The van der Waals surface area contributed by atoms with Crippen LogP contribution >= 0.6 is 0 Å². The predicted molar refractivity (Wildman–Crippen MR) is 88.8 cm³/mol. The summed E-state index contributed by atoms with van der Waals surface area (Å²) in [5.74, 6) is -0.0164. The Balaban J connectivity index is 1.77. The second kappa shape index (κ2) is 6.12. The first kappa shape index (κ1) is 15.1. The molecule has 118 valence electrons. The first-order valence-electron chi connectivity index (χ1n) is 7.45. The number of hydrogen-bond donors (Lipinski definition) is 1. The second-order valence-electron chi connectivity index (χ2n) is 5.66. The van der Waals surface area contributed by atoms with E-state index in [2.05, 4.69) is 5.32 Å². The molecule has 0 aromatic heterocycles. The minimum absolute atomic E-state index is 0.0667. The van der Waals surface area contributed by atoms with Crippen molar-refractivity contribution in [3.05, 3.63) is 53.6 Å². The summed E-state index contributed by atoms with van der Waals surface area (Å²) in [7, 11) is 0. The summed E-state index contributed by atoms with van der Waals surface area (Å²) >= 11 is 0. The highest BCUT2D eigenvalue weighted by Gasteiger charge is 2.25. The molecule has 1 amide bonds. The van der Waals surface area contributed by atoms with Crippen LogP contribution in [0.2, 0.25) is 0 Å². The van der Waals surface area contributed by atoms with Crippen molar-refractivity contribution in [2.45, 2.75) is 13.8 Å². The van der Waals surface area contributed by atoms with Crippen LogP contribution in [-0.2, 0) is 9.59 Å². The SMILES string of the molecule is Cc1ccc2c(c1)OC(=O)CN2CC(=O)Nc1ccccc1C. The molecule has 23 heavy (non-hydrogen) atoms. The van der Waals surface area contributed by atoms with Crippen molar-refractivity contribution in [2.75, 3.05) is 23.3 Å². The maximum absolute atomic E-state index is 12.3. The van der Waals surface area contributed by atoms with Crippen molar-refractivity contribution >= 4 is 23.3 Å². The van der Waals surface area contributed by atoms with Crippen molar-refractivity contribution < 1.29 is 14.3 Å². The Morgan fingerprint density at radius 1 is 1.22 bits per heavy atom. The molecule has 1 heterocycles. The molecule has 0 atom stereocenters. The van der Waals surface area contributed by atoms with Crippen LogP contribution in [0.4, 0.5) is 11.4 Å². The van der Waals surface area contributed by atoms with E-state index in [4.69, 9.17) is 4.74 Å². The number of anilines is 2. The lowest BCUT2D eigenvalue weighted by Crippen LogP contribution is -2.41. The molecule has 2 aromatic rings. The lowest BCUT2D eigenvalue weighted by atomic mass is 10.1. The third-order valence-corrected chi connectivity index (χ3v) is 3.75. The van der Waals surface area contributed by atoms with Gasteiger partial charge in [0, 0.05) is 5.69 Å². The van der Waals surface area contributed by atoms with E-state index in [1.807, 2.05) is 50.2 Å². The van der Waals surface area contributed by atoms with Gasteiger partial charge in [0.15, 0.2) is 5.75 Å². The van der Waals surface area contributed by atoms with E-state index in [0.717, 1.165) is 22.5 Å². The van der Waals surface area contributed by atoms with E-state index in [-0.39, 0.29) is 25.0 Å². The fraction of sp³-hybridized carbons (Fsp3) is 0.222. The number of nitrogens with one attached hydrogen (secondary N) is 1. The first-order valence-corrected chi connectivity index (χ1v) is 7.45. The average molecular weight is 310 g/mol. The normalized spacial score (nSPS) is 13.3. The maximum atomic E-state index is 12.3. The molecule has 0 saturated carbocycles. The van der Waals surface area contributed by atoms with E-state index >= 15 is 0 Å². The van der Waals surface area contributed by atoms with E-state index in [1.165, 1.54) is 0 Å². The molecule has 0 radical (unpaired) electrons. The number of carbonyl (C=O) groups is 2. The number of rotatable bonds is 3. The lowest BCUT2D eigenvalue weighted by Gasteiger charge is -2.29. The van der Waals surface area contributed by atoms with E-state index in [1.54, 1.807) is 11.0 Å². The number of aryl methyl sites for hydroxylation is 2. The first-order chi connectivity index (χ1) is 11.0. The second-order valence-corrected chi connectivity index (χ2v) is 5.66. The molecule has 1 aliphatic heterocycles. The zero-order valence-corrected chi connectivity index (χ0v) is 13.1. The van der Waals surface area contributed by atoms with Gasteiger partial charge in [-0.2, -0.15) is 0 Å². The van der Waals surface area contributed by atoms with Gasteiger partial charge in [0.25, 0.3) is 0 Å². The summed E-state index contributed by atoms with van der Waals surface area (Å²) in [6.45, 7) is 4.03. The maximum Gasteiger partial charge on any atom is 0.331 e. The largest absolute Gasteiger partial charge is 0.423 e. The minimum Gasteiger partial charge on any atom is -0.423 e. The summed E-state index contributed by atoms with van der Waals surface area (Å²) in [6.07, 6.45) is 0. The number of fused-ring (bicyclic) bond motifs is 1. The van der Waals surface area contributed by atoms with Crippen molar-refractivity contribution in [1.82, 2.24) is 0 Å². The molecule has 0 spiro atoms. The van der Waals surface area contributed by atoms with Crippen LogP contribution in [0.25, 0.3) is 0 Å². The van der Waals surface area contributed by atoms with Crippen molar-refractivity contribution in [1.29, 1.82) is 0 Å². The average Bonchev–Trinajstić information content (AvgIpc) is 2.49. The molecular weight excluding hydrogens is 292 g/mol. The van der Waals surface area contributed by atoms with Gasteiger partial charge < -0.3 is 15.0 Å². The fourth-order valence-corrected chi connectivity index (χ4v) is 2.58. The van der Waals surface area contributed by atoms with Gasteiger partial charge in [0.1, 0.15) is 6.54 Å². The molecular formula is C18H18N2O3. The number of carbonyl (C=O) groups excluding carboxylic acids is 2. The number of ether oxygens (including phenoxy) is 1. The molecule has 5 heteroatoms. The number of amides is 1. The number of benzene rings is 2. The highest BCUT2D eigenvalue weighted by Crippen LogP contribution is 2.32. The quantitative estimate of drug-likeness (QED) is 0.699. The molecule has 2 aromatic carbocycles. The molecule has 1 N–H and O–H groups in total. The van der Waals surface area contributed by atoms with Crippen LogP contribution in [0.1, 0.15) is 11.1 Å². The summed E-state index contributed by atoms with van der Waals surface area (Å²) in [5.41, 5.74) is 3.54. The summed E-state index contributed by atoms with van der Waals surface area (Å²) < 4.78 is 5.25. The van der Waals surface area contributed by atoms with Gasteiger partial charge in [-0.1, -0.05) is 24.3 Å². The number of hydrogen-bond acceptors (Lipinski definition) is 4. The summed E-state index contributed by atoms with van der Waals surface area (Å²) in [5, 5.41) is 2.88. The minimum atomic E-state index is -0.355. The van der Waals surface area contributed by atoms with Crippen LogP contribution in [0, 0.1) is 13.8 Å². The van der Waals surface area contributed by atoms with Crippen molar-refractivity contribution in [3.8, 4) is 5.75 Å². The Morgan fingerprint density at radius 3 is 2.78 bits per heavy atom. The molecule has 0 saturated heterocycles. The number of para-hydroxylation sites is 1. The van der Waals surface area contributed by atoms with Gasteiger partial charge in [-0.05, 0) is 43.2 Å². The van der Waals surface area contributed by atoms with Gasteiger partial charge in [-0.3, -0.25) is 4.79 Å². The van der Waals surface area contributed by atoms with Crippen LogP contribution in [0.15, 0.2) is 42.5 Å². The highest BCUT2D eigenvalue weighted by molar-refractivity contribution is 5.96. The highest BCUT2D eigenvalue weighted by atomic mass is 16.5. The van der Waals surface area contributed by atoms with Crippen LogP contribution in [-0.4, -0.2) is 25.0 Å². The van der Waals surface area contributed by atoms with Crippen molar-refractivity contribution in [3.63, 3.8) is 0 Å². The lowest BCUT2D eigenvalue weighted by molar-refractivity contribution is -0.133. The van der Waals surface area contributed by atoms with E-state index in [9.17, 15) is 9.59 Å². The van der Waals surface area contributed by atoms with Crippen LogP contribution < -0.4 is 15.0 Å². The molecule has 0 fully saturated rings. The molecule has 0 aliphatic carbocycles. The van der Waals surface area contributed by atoms with Gasteiger partial charge >= 0.3 is 5.97 Å². The van der Waals surface area contributed by atoms with Gasteiger partial charge in [0.05, 0.1) is 12.2 Å². The standard InChI is InChI=1S/C18H18N2O3/c1-12-7-8-15-16(9-12)23-18(22)11-20(15)10-17(21)19-14-6-4-3-5-13(14)2/h3-9H,10-11H2,1-2H3,(H,19,21). The van der Waals surface area contributed by atoms with E-state index in [0.29, 0.717) is 5.75 Å². The Bertz CT molecular complexity index is 771. The fourth-order valence-electron chi connectivity index (χ4n) is 2.58. The Hall–Kier alpha value is -2.82. The third kappa shape index (κ3) is 3.34. The van der Waals surface area contributed by atoms with E-state index < -0.39 is 0 Å². The number of esters is 1. The number of nitrogens with zero attached hydrogens (tertiary/aromatic N) is 1. The Labute approximate surface area is 134 Å². The van der Waals surface area contributed by atoms with Gasteiger partial charge in [-0.25, -0.2) is 4.79 Å². The van der Waals surface area contributed by atoms with Gasteiger partial charge in [0.2, 0.25) is 5.91 Å². The summed E-state index contributed by atoms with van der Waals surface area (Å²) in [6, 6.07) is 13.2. The molecule has 0 bridgehead atoms. The monoisotopic (exact) mass is 310 g/mol. The molecule has 5 nitrogen and oxygen atoms in total.